The molecule has 0 N–H and O–H groups in total. The van der Waals surface area contributed by atoms with Crippen LogP contribution in [0.4, 0.5) is 0 Å². The molecule has 0 amide bonds. The first-order valence-electron chi connectivity index (χ1n) is 8.11. The van der Waals surface area contributed by atoms with Gasteiger partial charge in [0, 0.05) is 11.5 Å². The van der Waals surface area contributed by atoms with E-state index >= 15 is 0 Å². The van der Waals surface area contributed by atoms with Crippen molar-refractivity contribution in [3.63, 3.8) is 0 Å². The summed E-state index contributed by atoms with van der Waals surface area (Å²) in [5, 5.41) is 1.07. The number of esters is 1. The number of carbonyl (C=O) groups excluding carboxylic acids is 1. The van der Waals surface area contributed by atoms with Crippen molar-refractivity contribution in [2.24, 2.45) is 0 Å². The van der Waals surface area contributed by atoms with Gasteiger partial charge in [-0.1, -0.05) is 42.0 Å². The van der Waals surface area contributed by atoms with E-state index in [4.69, 9.17) is 9.47 Å². The fraction of sp³-hybridized carbons (Fsp3) is 0.143. The van der Waals surface area contributed by atoms with Crippen molar-refractivity contribution in [2.75, 3.05) is 13.2 Å². The Morgan fingerprint density at radius 2 is 1.80 bits per heavy atom. The van der Waals surface area contributed by atoms with Gasteiger partial charge in [0.15, 0.2) is 0 Å². The lowest BCUT2D eigenvalue weighted by atomic mass is 10.2. The summed E-state index contributed by atoms with van der Waals surface area (Å²) in [6.45, 7) is 2.53. The summed E-state index contributed by atoms with van der Waals surface area (Å²) in [7, 11) is 0. The molecule has 4 heteroatoms. The minimum Gasteiger partial charge on any atom is -0.490 e. The molecule has 2 aromatic carbocycles. The molecular formula is C21H19NO3. The number of benzene rings is 2. The summed E-state index contributed by atoms with van der Waals surface area (Å²) in [4.78, 5) is 16.2. The van der Waals surface area contributed by atoms with Gasteiger partial charge in [-0.3, -0.25) is 0 Å². The molecule has 4 nitrogen and oxygen atoms in total. The van der Waals surface area contributed by atoms with Crippen molar-refractivity contribution in [2.45, 2.75) is 6.92 Å². The lowest BCUT2D eigenvalue weighted by Crippen LogP contribution is -2.10. The largest absolute Gasteiger partial charge is 0.490 e. The minimum absolute atomic E-state index is 0.197. The van der Waals surface area contributed by atoms with Crippen molar-refractivity contribution >= 4 is 22.9 Å². The van der Waals surface area contributed by atoms with Crippen molar-refractivity contribution in [1.29, 1.82) is 0 Å². The summed E-state index contributed by atoms with van der Waals surface area (Å²) in [5.41, 5.74) is 2.78. The summed E-state index contributed by atoms with van der Waals surface area (Å²) >= 11 is 0. The summed E-state index contributed by atoms with van der Waals surface area (Å²) < 4.78 is 10.6. The van der Waals surface area contributed by atoms with Gasteiger partial charge in [-0.15, -0.1) is 0 Å². The molecule has 0 saturated carbocycles. The maximum Gasteiger partial charge on any atom is 0.330 e. The summed E-state index contributed by atoms with van der Waals surface area (Å²) in [5.74, 6) is 0.347. The van der Waals surface area contributed by atoms with Gasteiger partial charge in [0.05, 0.1) is 11.2 Å². The number of hydrogen-bond acceptors (Lipinski definition) is 4. The maximum absolute atomic E-state index is 11.7. The van der Waals surface area contributed by atoms with Crippen LogP contribution in [0.5, 0.6) is 5.75 Å². The van der Waals surface area contributed by atoms with Crippen LogP contribution in [0.3, 0.4) is 0 Å². The fourth-order valence-electron chi connectivity index (χ4n) is 2.31. The molecule has 0 aliphatic heterocycles. The number of pyridine rings is 1. The molecule has 0 radical (unpaired) electrons. The first-order chi connectivity index (χ1) is 12.2. The highest BCUT2D eigenvalue weighted by Gasteiger charge is 2.00. The fourth-order valence-corrected chi connectivity index (χ4v) is 2.31. The number of carbonyl (C=O) groups is 1. The van der Waals surface area contributed by atoms with Crippen molar-refractivity contribution < 1.29 is 14.3 Å². The molecule has 1 heterocycles. The van der Waals surface area contributed by atoms with E-state index in [0.29, 0.717) is 12.3 Å². The molecule has 126 valence electrons. The molecule has 0 bridgehead atoms. The van der Waals surface area contributed by atoms with Gasteiger partial charge < -0.3 is 9.47 Å². The Kier molecular flexibility index (Phi) is 5.42. The molecule has 3 aromatic rings. The molecule has 3 rings (SSSR count). The van der Waals surface area contributed by atoms with Crippen LogP contribution < -0.4 is 4.74 Å². The van der Waals surface area contributed by atoms with E-state index in [1.807, 2.05) is 67.6 Å². The first kappa shape index (κ1) is 16.7. The SMILES string of the molecule is Cc1ccc(OCCOC(=O)/C=C/c2ccc3ccccc3n2)cc1. The van der Waals surface area contributed by atoms with Crippen molar-refractivity contribution in [3.05, 3.63) is 78.0 Å². The second-order valence-electron chi connectivity index (χ2n) is 5.59. The minimum atomic E-state index is -0.414. The number of aromatic nitrogens is 1. The lowest BCUT2D eigenvalue weighted by Gasteiger charge is -2.06. The standard InChI is InChI=1S/C21H19NO3/c1-16-6-11-19(12-7-16)24-14-15-25-21(23)13-10-18-9-8-17-4-2-3-5-20(17)22-18/h2-13H,14-15H2,1H3/b13-10+. The number of nitrogens with zero attached hydrogens (tertiary/aromatic N) is 1. The molecule has 25 heavy (non-hydrogen) atoms. The van der Waals surface area contributed by atoms with Gasteiger partial charge in [0.1, 0.15) is 19.0 Å². The predicted octanol–water partition coefficient (Wildman–Crippen LogP) is 4.18. The molecule has 0 spiro atoms. The Bertz CT molecular complexity index is 885. The third-order valence-corrected chi connectivity index (χ3v) is 3.63. The zero-order valence-electron chi connectivity index (χ0n) is 14.0. The molecule has 0 saturated heterocycles. The van der Waals surface area contributed by atoms with Crippen LogP contribution in [0.1, 0.15) is 11.3 Å². The van der Waals surface area contributed by atoms with E-state index in [2.05, 4.69) is 4.98 Å². The summed E-state index contributed by atoms with van der Waals surface area (Å²) in [6.07, 6.45) is 3.03. The van der Waals surface area contributed by atoms with Crippen LogP contribution in [-0.4, -0.2) is 24.2 Å². The van der Waals surface area contributed by atoms with Gasteiger partial charge in [-0.2, -0.15) is 0 Å². The van der Waals surface area contributed by atoms with Crippen LogP contribution >= 0.6 is 0 Å². The molecule has 1 aromatic heterocycles. The van der Waals surface area contributed by atoms with Crippen LogP contribution in [0.2, 0.25) is 0 Å². The highest BCUT2D eigenvalue weighted by molar-refractivity contribution is 5.87. The molecule has 0 aliphatic rings. The molecule has 0 aliphatic carbocycles. The Balaban J connectivity index is 1.46. The summed E-state index contributed by atoms with van der Waals surface area (Å²) in [6, 6.07) is 19.4. The average Bonchev–Trinajstić information content (AvgIpc) is 2.65. The molecular weight excluding hydrogens is 314 g/mol. The Labute approximate surface area is 146 Å². The number of ether oxygens (including phenoxy) is 2. The van der Waals surface area contributed by atoms with E-state index < -0.39 is 5.97 Å². The topological polar surface area (TPSA) is 48.4 Å². The number of fused-ring (bicyclic) bond motifs is 1. The maximum atomic E-state index is 11.7. The van der Waals surface area contributed by atoms with Gasteiger partial charge in [0.2, 0.25) is 0 Å². The predicted molar refractivity (Wildman–Crippen MR) is 98.4 cm³/mol. The van der Waals surface area contributed by atoms with E-state index in [1.165, 1.54) is 11.6 Å². The molecule has 0 atom stereocenters. The van der Waals surface area contributed by atoms with E-state index in [9.17, 15) is 4.79 Å². The average molecular weight is 333 g/mol. The Morgan fingerprint density at radius 1 is 1.00 bits per heavy atom. The monoisotopic (exact) mass is 333 g/mol. The lowest BCUT2D eigenvalue weighted by molar-refractivity contribution is -0.138. The van der Waals surface area contributed by atoms with Crippen LogP contribution in [0.25, 0.3) is 17.0 Å². The number of rotatable bonds is 6. The quantitative estimate of drug-likeness (QED) is 0.386. The van der Waals surface area contributed by atoms with Gasteiger partial charge in [-0.25, -0.2) is 9.78 Å². The smallest absolute Gasteiger partial charge is 0.330 e. The van der Waals surface area contributed by atoms with E-state index in [1.54, 1.807) is 6.08 Å². The van der Waals surface area contributed by atoms with Gasteiger partial charge in [0.25, 0.3) is 0 Å². The van der Waals surface area contributed by atoms with Gasteiger partial charge in [-0.05, 0) is 37.3 Å². The Hall–Kier alpha value is -3.14. The molecule has 0 fully saturated rings. The zero-order valence-corrected chi connectivity index (χ0v) is 14.0. The van der Waals surface area contributed by atoms with Crippen molar-refractivity contribution in [1.82, 2.24) is 4.98 Å². The zero-order chi connectivity index (χ0) is 17.5. The third-order valence-electron chi connectivity index (χ3n) is 3.63. The van der Waals surface area contributed by atoms with Crippen LogP contribution in [-0.2, 0) is 9.53 Å². The third kappa shape index (κ3) is 4.91. The second-order valence-corrected chi connectivity index (χ2v) is 5.59. The van der Waals surface area contributed by atoms with E-state index in [-0.39, 0.29) is 6.61 Å². The Morgan fingerprint density at radius 3 is 2.64 bits per heavy atom. The number of hydrogen-bond donors (Lipinski definition) is 0. The second kappa shape index (κ2) is 8.11. The van der Waals surface area contributed by atoms with E-state index in [0.717, 1.165) is 16.7 Å². The number of aryl methyl sites for hydroxylation is 1. The normalized spacial score (nSPS) is 10.9. The number of para-hydroxylation sites is 1. The highest BCUT2D eigenvalue weighted by atomic mass is 16.6. The molecule has 0 unspecified atom stereocenters. The van der Waals surface area contributed by atoms with Gasteiger partial charge >= 0.3 is 5.97 Å². The van der Waals surface area contributed by atoms with Crippen molar-refractivity contribution in [3.8, 4) is 5.75 Å². The van der Waals surface area contributed by atoms with Crippen LogP contribution in [0.15, 0.2) is 66.7 Å². The first-order valence-corrected chi connectivity index (χ1v) is 8.11. The van der Waals surface area contributed by atoms with Crippen LogP contribution in [0, 0.1) is 6.92 Å². The highest BCUT2D eigenvalue weighted by Crippen LogP contribution is 2.13.